The lowest BCUT2D eigenvalue weighted by Gasteiger charge is -2.22. The summed E-state index contributed by atoms with van der Waals surface area (Å²) in [5.41, 5.74) is 3.20. The molecule has 1 saturated heterocycles. The highest BCUT2D eigenvalue weighted by molar-refractivity contribution is 5.96. The molecule has 2 aliphatic rings. The number of rotatable bonds is 4. The predicted molar refractivity (Wildman–Crippen MR) is 72.1 cm³/mol. The first-order valence-electron chi connectivity index (χ1n) is 7.17. The average molecular weight is 260 g/mol. The quantitative estimate of drug-likeness (QED) is 0.780. The van der Waals surface area contributed by atoms with Crippen LogP contribution in [-0.2, 0) is 22.7 Å². The Morgan fingerprint density at radius 2 is 2.11 bits per heavy atom. The molecule has 1 atom stereocenters. The third kappa shape index (κ3) is 3.04. The van der Waals surface area contributed by atoms with Crippen LogP contribution in [0.1, 0.15) is 53.6 Å². The first kappa shape index (κ1) is 12.8. The summed E-state index contributed by atoms with van der Waals surface area (Å²) in [6, 6.07) is 5.94. The topological polar surface area (TPSA) is 35.5 Å². The van der Waals surface area contributed by atoms with Crippen LogP contribution < -0.4 is 0 Å². The van der Waals surface area contributed by atoms with Crippen molar-refractivity contribution >= 4 is 5.78 Å². The van der Waals surface area contributed by atoms with E-state index < -0.39 is 0 Å². The summed E-state index contributed by atoms with van der Waals surface area (Å²) in [5, 5.41) is 0. The minimum atomic E-state index is 0.226. The Hall–Kier alpha value is -1.19. The molecule has 0 radical (unpaired) electrons. The maximum Gasteiger partial charge on any atom is 0.162 e. The molecule has 0 aliphatic carbocycles. The number of hydrogen-bond donors (Lipinski definition) is 0. The molecule has 102 valence electrons. The van der Waals surface area contributed by atoms with Crippen LogP contribution in [0.15, 0.2) is 18.2 Å². The number of ether oxygens (including phenoxy) is 2. The summed E-state index contributed by atoms with van der Waals surface area (Å²) in [5.74, 6) is 0.226. The van der Waals surface area contributed by atoms with Gasteiger partial charge in [-0.3, -0.25) is 4.79 Å². The molecule has 3 rings (SSSR count). The molecule has 19 heavy (non-hydrogen) atoms. The lowest BCUT2D eigenvalue weighted by Crippen LogP contribution is -2.20. The molecule has 3 heteroatoms. The Morgan fingerprint density at radius 1 is 1.21 bits per heavy atom. The summed E-state index contributed by atoms with van der Waals surface area (Å²) in [6.45, 7) is 2.18. The standard InChI is InChI=1S/C16H20O3/c17-16(7-6-15-3-1-2-8-19-15)12-4-5-13-10-18-11-14(13)9-12/h4-5,9,15H,1-3,6-8,10-11H2. The van der Waals surface area contributed by atoms with Gasteiger partial charge in [0.2, 0.25) is 0 Å². The van der Waals surface area contributed by atoms with Gasteiger partial charge >= 0.3 is 0 Å². The van der Waals surface area contributed by atoms with Crippen molar-refractivity contribution in [1.82, 2.24) is 0 Å². The molecule has 0 N–H and O–H groups in total. The van der Waals surface area contributed by atoms with E-state index in [0.717, 1.165) is 31.4 Å². The molecule has 0 spiro atoms. The monoisotopic (exact) mass is 260 g/mol. The van der Waals surface area contributed by atoms with Gasteiger partial charge in [-0.2, -0.15) is 0 Å². The Kier molecular flexibility index (Phi) is 3.95. The van der Waals surface area contributed by atoms with Crippen molar-refractivity contribution in [3.63, 3.8) is 0 Å². The number of fused-ring (bicyclic) bond motifs is 1. The van der Waals surface area contributed by atoms with Gasteiger partial charge in [0.1, 0.15) is 0 Å². The Balaban J connectivity index is 1.57. The molecule has 0 amide bonds. The van der Waals surface area contributed by atoms with E-state index >= 15 is 0 Å². The minimum Gasteiger partial charge on any atom is -0.378 e. The van der Waals surface area contributed by atoms with Gasteiger partial charge in [0.05, 0.1) is 19.3 Å². The van der Waals surface area contributed by atoms with Crippen molar-refractivity contribution in [2.45, 2.75) is 51.4 Å². The Bertz CT molecular complexity index is 461. The van der Waals surface area contributed by atoms with Gasteiger partial charge in [-0.1, -0.05) is 12.1 Å². The second-order valence-electron chi connectivity index (χ2n) is 5.43. The third-order valence-corrected chi connectivity index (χ3v) is 4.01. The zero-order valence-electron chi connectivity index (χ0n) is 11.2. The molecular weight excluding hydrogens is 240 g/mol. The van der Waals surface area contributed by atoms with Crippen molar-refractivity contribution < 1.29 is 14.3 Å². The largest absolute Gasteiger partial charge is 0.378 e. The molecule has 1 aromatic rings. The number of carbonyl (C=O) groups is 1. The summed E-state index contributed by atoms with van der Waals surface area (Å²) in [7, 11) is 0. The van der Waals surface area contributed by atoms with Gasteiger partial charge in [-0.25, -0.2) is 0 Å². The first-order chi connectivity index (χ1) is 9.33. The lowest BCUT2D eigenvalue weighted by molar-refractivity contribution is 0.0104. The van der Waals surface area contributed by atoms with E-state index in [2.05, 4.69) is 0 Å². The van der Waals surface area contributed by atoms with Crippen molar-refractivity contribution in [1.29, 1.82) is 0 Å². The van der Waals surface area contributed by atoms with Gasteiger partial charge in [-0.05, 0) is 42.9 Å². The van der Waals surface area contributed by atoms with E-state index in [1.54, 1.807) is 0 Å². The molecule has 2 heterocycles. The third-order valence-electron chi connectivity index (χ3n) is 4.01. The number of hydrogen-bond acceptors (Lipinski definition) is 3. The van der Waals surface area contributed by atoms with Crippen LogP contribution in [0.25, 0.3) is 0 Å². The normalized spacial score (nSPS) is 22.2. The maximum atomic E-state index is 12.2. The van der Waals surface area contributed by atoms with E-state index in [9.17, 15) is 4.79 Å². The van der Waals surface area contributed by atoms with Gasteiger partial charge in [0.25, 0.3) is 0 Å². The molecule has 1 fully saturated rings. The van der Waals surface area contributed by atoms with Crippen LogP contribution in [0.5, 0.6) is 0 Å². The fourth-order valence-electron chi connectivity index (χ4n) is 2.82. The van der Waals surface area contributed by atoms with Crippen LogP contribution >= 0.6 is 0 Å². The maximum absolute atomic E-state index is 12.2. The molecule has 0 aromatic heterocycles. The SMILES string of the molecule is O=C(CCC1CCCCO1)c1ccc2c(c1)COC2. The molecule has 2 aliphatic heterocycles. The molecule has 0 saturated carbocycles. The fourth-order valence-corrected chi connectivity index (χ4v) is 2.82. The summed E-state index contributed by atoms with van der Waals surface area (Å²) < 4.78 is 11.0. The van der Waals surface area contributed by atoms with Gasteiger partial charge in [0.15, 0.2) is 5.78 Å². The summed E-state index contributed by atoms with van der Waals surface area (Å²) in [4.78, 5) is 12.2. The van der Waals surface area contributed by atoms with Crippen molar-refractivity contribution in [3.8, 4) is 0 Å². The Morgan fingerprint density at radius 3 is 2.95 bits per heavy atom. The fraction of sp³-hybridized carbons (Fsp3) is 0.562. The minimum absolute atomic E-state index is 0.226. The van der Waals surface area contributed by atoms with Crippen molar-refractivity contribution in [3.05, 3.63) is 34.9 Å². The second kappa shape index (κ2) is 5.85. The zero-order chi connectivity index (χ0) is 13.1. The number of Topliss-reactive ketones (excluding diaryl/α,β-unsaturated/α-hetero) is 1. The van der Waals surface area contributed by atoms with E-state index in [4.69, 9.17) is 9.47 Å². The summed E-state index contributed by atoms with van der Waals surface area (Å²) >= 11 is 0. The zero-order valence-corrected chi connectivity index (χ0v) is 11.2. The number of carbonyl (C=O) groups excluding carboxylic acids is 1. The lowest BCUT2D eigenvalue weighted by atomic mass is 9.98. The number of benzene rings is 1. The van der Waals surface area contributed by atoms with Gasteiger partial charge < -0.3 is 9.47 Å². The highest BCUT2D eigenvalue weighted by atomic mass is 16.5. The first-order valence-corrected chi connectivity index (χ1v) is 7.17. The average Bonchev–Trinajstić information content (AvgIpc) is 2.93. The van der Waals surface area contributed by atoms with E-state index in [1.807, 2.05) is 18.2 Å². The predicted octanol–water partition coefficient (Wildman–Crippen LogP) is 3.25. The molecule has 0 bridgehead atoms. The van der Waals surface area contributed by atoms with Crippen LogP contribution in [0.3, 0.4) is 0 Å². The van der Waals surface area contributed by atoms with Crippen LogP contribution in [0.4, 0.5) is 0 Å². The van der Waals surface area contributed by atoms with Crippen LogP contribution in [-0.4, -0.2) is 18.5 Å². The van der Waals surface area contributed by atoms with E-state index in [1.165, 1.54) is 17.5 Å². The highest BCUT2D eigenvalue weighted by Gasteiger charge is 2.17. The molecule has 3 nitrogen and oxygen atoms in total. The smallest absolute Gasteiger partial charge is 0.162 e. The molecule has 1 unspecified atom stereocenters. The van der Waals surface area contributed by atoms with E-state index in [-0.39, 0.29) is 11.9 Å². The van der Waals surface area contributed by atoms with Crippen LogP contribution in [0, 0.1) is 0 Å². The van der Waals surface area contributed by atoms with Crippen molar-refractivity contribution in [2.24, 2.45) is 0 Å². The molecule has 1 aromatic carbocycles. The second-order valence-corrected chi connectivity index (χ2v) is 5.43. The summed E-state index contributed by atoms with van der Waals surface area (Å²) in [6.07, 6.45) is 5.22. The number of ketones is 1. The van der Waals surface area contributed by atoms with Gasteiger partial charge in [-0.15, -0.1) is 0 Å². The van der Waals surface area contributed by atoms with Crippen molar-refractivity contribution in [2.75, 3.05) is 6.61 Å². The molecular formula is C16H20O3. The highest BCUT2D eigenvalue weighted by Crippen LogP contribution is 2.23. The Labute approximate surface area is 113 Å². The van der Waals surface area contributed by atoms with Crippen LogP contribution in [0.2, 0.25) is 0 Å². The van der Waals surface area contributed by atoms with E-state index in [0.29, 0.717) is 19.6 Å². The van der Waals surface area contributed by atoms with Gasteiger partial charge in [0, 0.05) is 18.6 Å².